The second-order valence-electron chi connectivity index (χ2n) is 6.60. The molecule has 21 heavy (non-hydrogen) atoms. The van der Waals surface area contributed by atoms with Crippen molar-refractivity contribution < 1.29 is 14.7 Å². The highest BCUT2D eigenvalue weighted by molar-refractivity contribution is 5.79. The van der Waals surface area contributed by atoms with Crippen LogP contribution >= 0.6 is 0 Å². The third-order valence-electron chi connectivity index (χ3n) is 4.96. The molecule has 0 aromatic carbocycles. The Morgan fingerprint density at radius 2 is 1.86 bits per heavy atom. The maximum absolute atomic E-state index is 12.6. The number of rotatable bonds is 4. The lowest BCUT2D eigenvalue weighted by molar-refractivity contribution is -0.145. The number of aliphatic carboxylic acids is 1. The number of likely N-dealkylation sites (tertiary alicyclic amines) is 2. The molecule has 2 aliphatic heterocycles. The minimum atomic E-state index is -0.743. The molecule has 0 saturated carbocycles. The first-order valence-corrected chi connectivity index (χ1v) is 8.28. The van der Waals surface area contributed by atoms with E-state index in [1.165, 1.54) is 6.42 Å². The molecule has 2 heterocycles. The molecule has 0 aromatic rings. The molecule has 0 aromatic heterocycles. The molecule has 5 nitrogen and oxygen atoms in total. The maximum Gasteiger partial charge on any atom is 0.320 e. The van der Waals surface area contributed by atoms with Gasteiger partial charge in [-0.05, 0) is 51.1 Å². The fourth-order valence-electron chi connectivity index (χ4n) is 3.69. The van der Waals surface area contributed by atoms with Crippen LogP contribution in [-0.4, -0.2) is 59.0 Å². The quantitative estimate of drug-likeness (QED) is 0.859. The van der Waals surface area contributed by atoms with E-state index >= 15 is 0 Å². The minimum absolute atomic E-state index is 0.0952. The summed E-state index contributed by atoms with van der Waals surface area (Å²) in [5.41, 5.74) is 0. The maximum atomic E-state index is 12.6. The molecule has 1 amide bonds. The van der Waals surface area contributed by atoms with Crippen LogP contribution in [0.15, 0.2) is 0 Å². The largest absolute Gasteiger partial charge is 0.480 e. The van der Waals surface area contributed by atoms with Gasteiger partial charge in [-0.2, -0.15) is 0 Å². The first kappa shape index (κ1) is 16.3. The minimum Gasteiger partial charge on any atom is -0.480 e. The van der Waals surface area contributed by atoms with Crippen LogP contribution in [0.25, 0.3) is 0 Å². The van der Waals surface area contributed by atoms with Crippen molar-refractivity contribution in [1.82, 2.24) is 9.80 Å². The monoisotopic (exact) mass is 296 g/mol. The smallest absolute Gasteiger partial charge is 0.320 e. The van der Waals surface area contributed by atoms with Crippen molar-refractivity contribution in [3.8, 4) is 0 Å². The summed E-state index contributed by atoms with van der Waals surface area (Å²) in [6.45, 7) is 7.36. The molecule has 0 bridgehead atoms. The average Bonchev–Trinajstić information content (AvgIpc) is 2.47. The van der Waals surface area contributed by atoms with Crippen molar-refractivity contribution in [2.24, 2.45) is 11.8 Å². The number of carbonyl (C=O) groups is 2. The van der Waals surface area contributed by atoms with Crippen molar-refractivity contribution in [3.05, 3.63) is 0 Å². The van der Waals surface area contributed by atoms with E-state index in [1.54, 1.807) is 0 Å². The molecule has 2 atom stereocenters. The summed E-state index contributed by atoms with van der Waals surface area (Å²) in [4.78, 5) is 27.8. The average molecular weight is 296 g/mol. The topological polar surface area (TPSA) is 60.9 Å². The molecule has 2 saturated heterocycles. The van der Waals surface area contributed by atoms with Gasteiger partial charge in [0.2, 0.25) is 5.91 Å². The van der Waals surface area contributed by atoms with Crippen LogP contribution in [0.3, 0.4) is 0 Å². The van der Waals surface area contributed by atoms with E-state index in [4.69, 9.17) is 0 Å². The van der Waals surface area contributed by atoms with Gasteiger partial charge in [0.25, 0.3) is 0 Å². The molecule has 0 spiro atoms. The fourth-order valence-corrected chi connectivity index (χ4v) is 3.69. The van der Waals surface area contributed by atoms with Gasteiger partial charge in [0, 0.05) is 19.0 Å². The van der Waals surface area contributed by atoms with Gasteiger partial charge in [0.15, 0.2) is 0 Å². The van der Waals surface area contributed by atoms with Gasteiger partial charge >= 0.3 is 5.97 Å². The van der Waals surface area contributed by atoms with E-state index in [0.29, 0.717) is 18.2 Å². The van der Waals surface area contributed by atoms with Crippen molar-refractivity contribution in [1.29, 1.82) is 0 Å². The van der Waals surface area contributed by atoms with Crippen LogP contribution in [-0.2, 0) is 9.59 Å². The molecule has 2 fully saturated rings. The number of carboxylic acids is 1. The van der Waals surface area contributed by atoms with E-state index in [9.17, 15) is 14.7 Å². The molecular weight excluding hydrogens is 268 g/mol. The summed E-state index contributed by atoms with van der Waals surface area (Å²) in [6, 6.07) is -0.393. The van der Waals surface area contributed by atoms with Crippen LogP contribution in [0, 0.1) is 11.8 Å². The van der Waals surface area contributed by atoms with Gasteiger partial charge in [0.05, 0.1) is 0 Å². The Morgan fingerprint density at radius 3 is 2.38 bits per heavy atom. The SMILES string of the molecule is CCC(C(=O)O)N1CCC(C(=O)N2CCCC(C)C2)CC1. The summed E-state index contributed by atoms with van der Waals surface area (Å²) >= 11 is 0. The zero-order chi connectivity index (χ0) is 15.4. The van der Waals surface area contributed by atoms with Gasteiger partial charge in [-0.1, -0.05) is 13.8 Å². The van der Waals surface area contributed by atoms with Gasteiger partial charge in [-0.25, -0.2) is 0 Å². The summed E-state index contributed by atoms with van der Waals surface area (Å²) in [6.07, 6.45) is 4.56. The Labute approximate surface area is 127 Å². The fraction of sp³-hybridized carbons (Fsp3) is 0.875. The molecule has 0 radical (unpaired) electrons. The third kappa shape index (κ3) is 3.96. The van der Waals surface area contributed by atoms with E-state index in [2.05, 4.69) is 6.92 Å². The van der Waals surface area contributed by atoms with E-state index in [0.717, 1.165) is 45.4 Å². The molecule has 0 aliphatic carbocycles. The van der Waals surface area contributed by atoms with E-state index < -0.39 is 12.0 Å². The van der Waals surface area contributed by atoms with Crippen molar-refractivity contribution in [2.45, 2.75) is 52.0 Å². The highest BCUT2D eigenvalue weighted by atomic mass is 16.4. The summed E-state index contributed by atoms with van der Waals surface area (Å²) in [5, 5.41) is 9.22. The Kier molecular flexibility index (Phi) is 5.62. The van der Waals surface area contributed by atoms with Crippen LogP contribution in [0.2, 0.25) is 0 Å². The number of nitrogens with zero attached hydrogens (tertiary/aromatic N) is 2. The highest BCUT2D eigenvalue weighted by Gasteiger charge is 2.33. The van der Waals surface area contributed by atoms with Crippen LogP contribution in [0.1, 0.15) is 46.0 Å². The second-order valence-corrected chi connectivity index (χ2v) is 6.60. The van der Waals surface area contributed by atoms with Gasteiger partial charge in [0.1, 0.15) is 6.04 Å². The Balaban J connectivity index is 1.85. The van der Waals surface area contributed by atoms with Crippen molar-refractivity contribution >= 4 is 11.9 Å². The lowest BCUT2D eigenvalue weighted by atomic mass is 9.92. The summed E-state index contributed by atoms with van der Waals surface area (Å²) in [7, 11) is 0. The molecule has 1 N–H and O–H groups in total. The molecule has 2 aliphatic rings. The predicted octanol–water partition coefficient (Wildman–Crippen LogP) is 1.82. The molecule has 2 rings (SSSR count). The zero-order valence-electron chi connectivity index (χ0n) is 13.3. The zero-order valence-corrected chi connectivity index (χ0v) is 13.3. The van der Waals surface area contributed by atoms with Gasteiger partial charge in [-0.15, -0.1) is 0 Å². The van der Waals surface area contributed by atoms with Crippen molar-refractivity contribution in [2.75, 3.05) is 26.2 Å². The summed E-state index contributed by atoms with van der Waals surface area (Å²) in [5.74, 6) is 0.258. The Morgan fingerprint density at radius 1 is 1.19 bits per heavy atom. The second kappa shape index (κ2) is 7.25. The number of carbonyl (C=O) groups excluding carboxylic acids is 1. The van der Waals surface area contributed by atoms with Gasteiger partial charge < -0.3 is 10.0 Å². The lowest BCUT2D eigenvalue weighted by Crippen LogP contribution is -2.49. The normalized spacial score (nSPS) is 26.6. The number of amides is 1. The lowest BCUT2D eigenvalue weighted by Gasteiger charge is -2.38. The first-order valence-electron chi connectivity index (χ1n) is 8.28. The Bertz CT molecular complexity index is 378. The molecule has 5 heteroatoms. The molecular formula is C16H28N2O3. The van der Waals surface area contributed by atoms with E-state index in [-0.39, 0.29) is 5.92 Å². The van der Waals surface area contributed by atoms with E-state index in [1.807, 2.05) is 16.7 Å². The number of carboxylic acid groups (broad SMARTS) is 1. The summed E-state index contributed by atoms with van der Waals surface area (Å²) < 4.78 is 0. The van der Waals surface area contributed by atoms with Gasteiger partial charge in [-0.3, -0.25) is 14.5 Å². The number of hydrogen-bond acceptors (Lipinski definition) is 3. The number of piperidine rings is 2. The third-order valence-corrected chi connectivity index (χ3v) is 4.96. The highest BCUT2D eigenvalue weighted by Crippen LogP contribution is 2.25. The Hall–Kier alpha value is -1.10. The van der Waals surface area contributed by atoms with Crippen molar-refractivity contribution in [3.63, 3.8) is 0 Å². The molecule has 2 unspecified atom stereocenters. The van der Waals surface area contributed by atoms with Crippen LogP contribution in [0.4, 0.5) is 0 Å². The van der Waals surface area contributed by atoms with Crippen LogP contribution in [0.5, 0.6) is 0 Å². The van der Waals surface area contributed by atoms with Crippen LogP contribution < -0.4 is 0 Å². The standard InChI is InChI=1S/C16H28N2O3/c1-3-14(16(20)21)17-9-6-13(7-10-17)15(19)18-8-4-5-12(2)11-18/h12-14H,3-11H2,1-2H3,(H,20,21). The number of hydrogen-bond donors (Lipinski definition) is 1. The molecule has 120 valence electrons. The predicted molar refractivity (Wildman–Crippen MR) is 81.0 cm³/mol. The first-order chi connectivity index (χ1) is 10.0.